The Labute approximate surface area is 116 Å². The molecule has 19 heavy (non-hydrogen) atoms. The summed E-state index contributed by atoms with van der Waals surface area (Å²) in [6.45, 7) is 12.6. The van der Waals surface area contributed by atoms with E-state index in [4.69, 9.17) is 10.5 Å². The molecule has 0 unspecified atom stereocenters. The lowest BCUT2D eigenvalue weighted by Gasteiger charge is -2.38. The highest BCUT2D eigenvalue weighted by molar-refractivity contribution is 5.33. The van der Waals surface area contributed by atoms with Crippen molar-refractivity contribution >= 4 is 0 Å². The first kappa shape index (κ1) is 15.2. The summed E-state index contributed by atoms with van der Waals surface area (Å²) in [5.74, 6) is 0. The van der Waals surface area contributed by atoms with E-state index in [0.717, 1.165) is 38.0 Å². The molecular formula is C16H21N3. The Hall–Kier alpha value is -1.84. The van der Waals surface area contributed by atoms with Crippen LogP contribution in [0.5, 0.6) is 0 Å². The van der Waals surface area contributed by atoms with E-state index in [9.17, 15) is 0 Å². The molecule has 0 aromatic heterocycles. The van der Waals surface area contributed by atoms with E-state index < -0.39 is 0 Å². The van der Waals surface area contributed by atoms with Gasteiger partial charge in [0.1, 0.15) is 0 Å². The lowest BCUT2D eigenvalue weighted by molar-refractivity contribution is 0.130. The van der Waals surface area contributed by atoms with E-state index in [1.165, 1.54) is 0 Å². The summed E-state index contributed by atoms with van der Waals surface area (Å²) in [7, 11) is 0. The summed E-state index contributed by atoms with van der Waals surface area (Å²) in [6.07, 6.45) is 6.31. The molecular weight excluding hydrogens is 234 g/mol. The van der Waals surface area contributed by atoms with Crippen LogP contribution in [-0.2, 0) is 0 Å². The zero-order valence-corrected chi connectivity index (χ0v) is 11.7. The Morgan fingerprint density at radius 2 is 1.89 bits per heavy atom. The molecule has 0 aliphatic carbocycles. The van der Waals surface area contributed by atoms with Crippen LogP contribution in [-0.4, -0.2) is 24.5 Å². The molecule has 0 aromatic rings. The van der Waals surface area contributed by atoms with Gasteiger partial charge in [0, 0.05) is 18.5 Å². The molecule has 3 nitrogen and oxygen atoms in total. The Balaban J connectivity index is 2.40. The summed E-state index contributed by atoms with van der Waals surface area (Å²) in [5.41, 5.74) is 1.61. The molecule has 0 amide bonds. The predicted molar refractivity (Wildman–Crippen MR) is 77.0 cm³/mol. The van der Waals surface area contributed by atoms with Crippen LogP contribution in [0.25, 0.3) is 0 Å². The van der Waals surface area contributed by atoms with Gasteiger partial charge >= 0.3 is 0 Å². The lowest BCUT2D eigenvalue weighted by Crippen LogP contribution is -2.39. The first-order valence-electron chi connectivity index (χ1n) is 6.53. The van der Waals surface area contributed by atoms with E-state index in [2.05, 4.69) is 31.1 Å². The van der Waals surface area contributed by atoms with E-state index in [1.54, 1.807) is 6.08 Å². The summed E-state index contributed by atoms with van der Waals surface area (Å²) in [4.78, 5) is 2.35. The summed E-state index contributed by atoms with van der Waals surface area (Å²) < 4.78 is 0. The van der Waals surface area contributed by atoms with E-state index in [0.29, 0.717) is 12.0 Å². The molecule has 1 aliphatic heterocycles. The van der Waals surface area contributed by atoms with Crippen molar-refractivity contribution in [2.24, 2.45) is 5.41 Å². The van der Waals surface area contributed by atoms with Crippen molar-refractivity contribution in [1.82, 2.24) is 4.90 Å². The van der Waals surface area contributed by atoms with Gasteiger partial charge in [-0.15, -0.1) is 0 Å². The van der Waals surface area contributed by atoms with Crippen molar-refractivity contribution in [2.45, 2.75) is 26.2 Å². The quantitative estimate of drug-likeness (QED) is 0.560. The maximum absolute atomic E-state index is 8.82. The molecule has 0 spiro atoms. The molecule has 3 heteroatoms. The van der Waals surface area contributed by atoms with E-state index in [-0.39, 0.29) is 5.41 Å². The van der Waals surface area contributed by atoms with Gasteiger partial charge in [0.2, 0.25) is 0 Å². The first-order chi connectivity index (χ1) is 8.99. The minimum Gasteiger partial charge on any atom is -0.299 e. The number of allylic oxidation sites excluding steroid dienone is 2. The third kappa shape index (κ3) is 5.12. The van der Waals surface area contributed by atoms with Crippen molar-refractivity contribution in [1.29, 1.82) is 10.5 Å². The second kappa shape index (κ2) is 6.92. The van der Waals surface area contributed by atoms with Crippen LogP contribution in [0.2, 0.25) is 0 Å². The monoisotopic (exact) mass is 255 g/mol. The maximum Gasteiger partial charge on any atom is 0.0985 e. The molecule has 1 saturated heterocycles. The van der Waals surface area contributed by atoms with Gasteiger partial charge in [-0.05, 0) is 43.0 Å². The van der Waals surface area contributed by atoms with Gasteiger partial charge in [-0.1, -0.05) is 26.2 Å². The number of nitriles is 2. The predicted octanol–water partition coefficient (Wildman–Crippen LogP) is 3.19. The largest absolute Gasteiger partial charge is 0.299 e. The number of rotatable bonds is 5. The highest BCUT2D eigenvalue weighted by Crippen LogP contribution is 2.33. The van der Waals surface area contributed by atoms with Crippen LogP contribution in [0.1, 0.15) is 26.2 Å². The Morgan fingerprint density at radius 1 is 1.26 bits per heavy atom. The highest BCUT2D eigenvalue weighted by Gasteiger charge is 2.29. The molecule has 0 N–H and O–H groups in total. The van der Waals surface area contributed by atoms with Gasteiger partial charge in [-0.3, -0.25) is 4.90 Å². The van der Waals surface area contributed by atoms with Crippen LogP contribution < -0.4 is 0 Å². The van der Waals surface area contributed by atoms with Crippen molar-refractivity contribution in [2.75, 3.05) is 19.6 Å². The average Bonchev–Trinajstić information content (AvgIpc) is 2.39. The van der Waals surface area contributed by atoms with Crippen molar-refractivity contribution in [3.05, 3.63) is 36.5 Å². The number of nitrogens with zero attached hydrogens (tertiary/aromatic N) is 3. The van der Waals surface area contributed by atoms with Crippen molar-refractivity contribution < 1.29 is 0 Å². The van der Waals surface area contributed by atoms with Crippen LogP contribution in [0.3, 0.4) is 0 Å². The van der Waals surface area contributed by atoms with Crippen LogP contribution >= 0.6 is 0 Å². The fraction of sp³-hybridized carbons (Fsp3) is 0.500. The number of hydrogen-bond donors (Lipinski definition) is 0. The number of piperidine rings is 1. The highest BCUT2D eigenvalue weighted by atomic mass is 15.1. The number of likely N-dealkylation sites (tertiary alicyclic amines) is 1. The summed E-state index contributed by atoms with van der Waals surface area (Å²) >= 11 is 0. The second-order valence-corrected chi connectivity index (χ2v) is 5.55. The Bertz CT molecular complexity index is 451. The smallest absolute Gasteiger partial charge is 0.0985 e. The van der Waals surface area contributed by atoms with Gasteiger partial charge in [0.15, 0.2) is 0 Å². The van der Waals surface area contributed by atoms with Crippen LogP contribution in [0, 0.1) is 28.1 Å². The van der Waals surface area contributed by atoms with Gasteiger partial charge in [-0.2, -0.15) is 10.5 Å². The summed E-state index contributed by atoms with van der Waals surface area (Å²) in [5, 5.41) is 17.4. The van der Waals surface area contributed by atoms with E-state index in [1.807, 2.05) is 12.1 Å². The molecule has 1 fully saturated rings. The van der Waals surface area contributed by atoms with Crippen LogP contribution in [0.15, 0.2) is 36.5 Å². The molecule has 0 bridgehead atoms. The van der Waals surface area contributed by atoms with Gasteiger partial charge in [-0.25, -0.2) is 0 Å². The number of hydrogen-bond acceptors (Lipinski definition) is 3. The normalized spacial score (nSPS) is 18.7. The molecule has 0 atom stereocenters. The topological polar surface area (TPSA) is 50.8 Å². The summed E-state index contributed by atoms with van der Waals surface area (Å²) in [6, 6.07) is 4.27. The zero-order valence-electron chi connectivity index (χ0n) is 11.7. The SMILES string of the molecule is C=C(C#N)/C=C\C(=C)CN1CCC(C)(CC#N)CC1. The van der Waals surface area contributed by atoms with Crippen molar-refractivity contribution in [3.8, 4) is 12.1 Å². The third-order valence-corrected chi connectivity index (χ3v) is 3.66. The van der Waals surface area contributed by atoms with Crippen molar-refractivity contribution in [3.63, 3.8) is 0 Å². The average molecular weight is 255 g/mol. The molecule has 1 heterocycles. The minimum absolute atomic E-state index is 0.178. The molecule has 100 valence electrons. The standard InChI is InChI=1S/C16H21N3/c1-14(12-18)4-5-15(2)13-19-10-7-16(3,6-9-17)8-11-19/h4-5H,1-2,6-8,10-11,13H2,3H3/b5-4-. The fourth-order valence-electron chi connectivity index (χ4n) is 2.21. The van der Waals surface area contributed by atoms with Gasteiger partial charge in [0.25, 0.3) is 0 Å². The molecule has 0 radical (unpaired) electrons. The van der Waals surface area contributed by atoms with Crippen LogP contribution in [0.4, 0.5) is 0 Å². The first-order valence-corrected chi connectivity index (χ1v) is 6.53. The fourth-order valence-corrected chi connectivity index (χ4v) is 2.21. The Kier molecular flexibility index (Phi) is 5.55. The third-order valence-electron chi connectivity index (χ3n) is 3.66. The second-order valence-electron chi connectivity index (χ2n) is 5.55. The minimum atomic E-state index is 0.178. The molecule has 1 aliphatic rings. The van der Waals surface area contributed by atoms with Gasteiger partial charge < -0.3 is 0 Å². The lowest BCUT2D eigenvalue weighted by atomic mass is 9.78. The Morgan fingerprint density at radius 3 is 2.42 bits per heavy atom. The zero-order chi connectivity index (χ0) is 14.3. The molecule has 0 saturated carbocycles. The molecule has 1 rings (SSSR count). The maximum atomic E-state index is 8.82. The molecule has 0 aromatic carbocycles. The van der Waals surface area contributed by atoms with Gasteiger partial charge in [0.05, 0.1) is 12.1 Å². The van der Waals surface area contributed by atoms with E-state index >= 15 is 0 Å².